The van der Waals surface area contributed by atoms with Gasteiger partial charge in [0.1, 0.15) is 0 Å². The zero-order valence-electron chi connectivity index (χ0n) is 7.32. The molecule has 0 aliphatic heterocycles. The van der Waals surface area contributed by atoms with Crippen LogP contribution in [0.5, 0.6) is 0 Å². The Bertz CT molecular complexity index is 127. The molecule has 0 spiro atoms. The first-order valence-electron chi connectivity index (χ1n) is 3.34. The normalized spacial score (nSPS) is 7.54. The summed E-state index contributed by atoms with van der Waals surface area (Å²) in [6, 6.07) is 0. The maximum atomic E-state index is 9.41. The molecule has 6 nitrogen and oxygen atoms in total. The molecule has 13 heavy (non-hydrogen) atoms. The number of carbonyl (C=O) groups excluding carboxylic acids is 2. The molecule has 0 aliphatic carbocycles. The zero-order valence-corrected chi connectivity index (χ0v) is 10.3. The number of hydrogen-bond donors (Lipinski definition) is 2. The molecule has 0 amide bonds. The van der Waals surface area contributed by atoms with Crippen LogP contribution in [0.2, 0.25) is 0 Å². The number of carboxylic acids is 2. The van der Waals surface area contributed by atoms with Crippen LogP contribution in [0.1, 0.15) is 12.8 Å². The standard InChI is InChI=1S/2C3H7NO2.Zn/c2*4-2-1-3(5)6;/h2*1-2,4H2,(H,5,6);/q;;+2/p-2. The number of aliphatic carboxylic acids is 2. The molecule has 4 N–H and O–H groups in total. The monoisotopic (exact) mass is 240 g/mol. The second-order valence-electron chi connectivity index (χ2n) is 1.82. The molecule has 0 saturated heterocycles. The molecule has 0 bridgehead atoms. The Hall–Kier alpha value is -0.517. The van der Waals surface area contributed by atoms with E-state index in [2.05, 4.69) is 0 Å². The van der Waals surface area contributed by atoms with E-state index in [4.69, 9.17) is 11.5 Å². The van der Waals surface area contributed by atoms with Crippen LogP contribution < -0.4 is 21.7 Å². The molecule has 0 saturated carbocycles. The van der Waals surface area contributed by atoms with E-state index in [1.54, 1.807) is 0 Å². The minimum atomic E-state index is -1.09. The molecule has 0 atom stereocenters. The predicted molar refractivity (Wildman–Crippen MR) is 37.4 cm³/mol. The van der Waals surface area contributed by atoms with Gasteiger partial charge in [0.25, 0.3) is 0 Å². The van der Waals surface area contributed by atoms with Gasteiger partial charge in [0.05, 0.1) is 0 Å². The third-order valence-electron chi connectivity index (χ3n) is 0.697. The first kappa shape index (κ1) is 18.3. The maximum Gasteiger partial charge on any atom is 2.00 e. The molecule has 72 valence electrons. The molecule has 0 aromatic heterocycles. The van der Waals surface area contributed by atoms with Gasteiger partial charge in [-0.3, -0.25) is 0 Å². The predicted octanol–water partition coefficient (Wildman–Crippen LogP) is -3.83. The van der Waals surface area contributed by atoms with Gasteiger partial charge in [0.15, 0.2) is 0 Å². The van der Waals surface area contributed by atoms with Crippen LogP contribution in [0.4, 0.5) is 0 Å². The maximum absolute atomic E-state index is 9.41. The molecule has 7 heteroatoms. The van der Waals surface area contributed by atoms with Crippen molar-refractivity contribution in [1.82, 2.24) is 0 Å². The quantitative estimate of drug-likeness (QED) is 0.485. The van der Waals surface area contributed by atoms with Crippen molar-refractivity contribution >= 4 is 11.9 Å². The van der Waals surface area contributed by atoms with Crippen molar-refractivity contribution in [2.75, 3.05) is 13.1 Å². The average molecular weight is 242 g/mol. The topological polar surface area (TPSA) is 132 Å². The van der Waals surface area contributed by atoms with Crippen LogP contribution in [-0.2, 0) is 29.1 Å². The minimum Gasteiger partial charge on any atom is -0.550 e. The van der Waals surface area contributed by atoms with Crippen LogP contribution in [0.15, 0.2) is 0 Å². The van der Waals surface area contributed by atoms with Crippen molar-refractivity contribution in [2.45, 2.75) is 12.8 Å². The fourth-order valence-corrected chi connectivity index (χ4v) is 0.236. The molecular weight excluding hydrogens is 229 g/mol. The van der Waals surface area contributed by atoms with Crippen molar-refractivity contribution < 1.29 is 39.3 Å². The molecule has 0 fully saturated rings. The summed E-state index contributed by atoms with van der Waals surface area (Å²) in [5.41, 5.74) is 9.62. The molecule has 0 unspecified atom stereocenters. The number of rotatable bonds is 4. The molecule has 0 aromatic carbocycles. The van der Waals surface area contributed by atoms with Crippen LogP contribution in [0.3, 0.4) is 0 Å². The molecule has 0 rings (SSSR count). The number of carboxylic acid groups (broad SMARTS) is 2. The summed E-state index contributed by atoms with van der Waals surface area (Å²) in [6.07, 6.45) is -0.0833. The SMILES string of the molecule is NCCC(=O)[O-].NCCC(=O)[O-].[Zn+2]. The van der Waals surface area contributed by atoms with Gasteiger partial charge >= 0.3 is 19.5 Å². The summed E-state index contributed by atoms with van der Waals surface area (Å²) in [4.78, 5) is 18.8. The van der Waals surface area contributed by atoms with Crippen molar-refractivity contribution in [3.63, 3.8) is 0 Å². The third-order valence-corrected chi connectivity index (χ3v) is 0.697. The van der Waals surface area contributed by atoms with Gasteiger partial charge in [-0.2, -0.15) is 0 Å². The van der Waals surface area contributed by atoms with Gasteiger partial charge < -0.3 is 31.3 Å². The number of carbonyl (C=O) groups is 2. The van der Waals surface area contributed by atoms with Crippen molar-refractivity contribution in [3.8, 4) is 0 Å². The molecule has 0 heterocycles. The van der Waals surface area contributed by atoms with E-state index >= 15 is 0 Å². The largest absolute Gasteiger partial charge is 2.00 e. The van der Waals surface area contributed by atoms with Gasteiger partial charge in [0, 0.05) is 11.9 Å². The summed E-state index contributed by atoms with van der Waals surface area (Å²) >= 11 is 0. The van der Waals surface area contributed by atoms with E-state index in [9.17, 15) is 19.8 Å². The smallest absolute Gasteiger partial charge is 0.550 e. The Morgan fingerprint density at radius 2 is 1.15 bits per heavy atom. The van der Waals surface area contributed by atoms with Crippen molar-refractivity contribution in [3.05, 3.63) is 0 Å². The first-order chi connectivity index (χ1) is 5.54. The van der Waals surface area contributed by atoms with E-state index in [0.717, 1.165) is 0 Å². The number of hydrogen-bond acceptors (Lipinski definition) is 6. The fraction of sp³-hybridized carbons (Fsp3) is 0.667. The van der Waals surface area contributed by atoms with Crippen molar-refractivity contribution in [2.24, 2.45) is 11.5 Å². The van der Waals surface area contributed by atoms with Crippen LogP contribution in [-0.4, -0.2) is 25.0 Å². The fourth-order valence-electron chi connectivity index (χ4n) is 0.236. The zero-order chi connectivity index (χ0) is 9.98. The number of nitrogens with two attached hydrogens (primary N) is 2. The minimum absolute atomic E-state index is 0. The van der Waals surface area contributed by atoms with Gasteiger partial charge in [0.2, 0.25) is 0 Å². The second kappa shape index (κ2) is 14.0. The molecular formula is C6H12N2O4Zn. The van der Waals surface area contributed by atoms with Gasteiger partial charge in [-0.1, -0.05) is 0 Å². The molecule has 0 aromatic rings. The Morgan fingerprint density at radius 1 is 0.923 bits per heavy atom. The van der Waals surface area contributed by atoms with E-state index in [0.29, 0.717) is 0 Å². The van der Waals surface area contributed by atoms with Crippen LogP contribution >= 0.6 is 0 Å². The van der Waals surface area contributed by atoms with E-state index in [-0.39, 0.29) is 45.4 Å². The molecule has 0 aliphatic rings. The second-order valence-corrected chi connectivity index (χ2v) is 1.82. The average Bonchev–Trinajstić information content (AvgIpc) is 1.87. The molecule has 0 radical (unpaired) electrons. The summed E-state index contributed by atoms with van der Waals surface area (Å²) < 4.78 is 0. The summed E-state index contributed by atoms with van der Waals surface area (Å²) in [5, 5.41) is 18.8. The van der Waals surface area contributed by atoms with Crippen molar-refractivity contribution in [1.29, 1.82) is 0 Å². The van der Waals surface area contributed by atoms with E-state index in [1.165, 1.54) is 0 Å². The van der Waals surface area contributed by atoms with E-state index in [1.807, 2.05) is 0 Å². The Labute approximate surface area is 89.0 Å². The summed E-state index contributed by atoms with van der Waals surface area (Å²) in [6.45, 7) is 0.338. The summed E-state index contributed by atoms with van der Waals surface area (Å²) in [5.74, 6) is -2.17. The van der Waals surface area contributed by atoms with Gasteiger partial charge in [-0.15, -0.1) is 0 Å². The third kappa shape index (κ3) is 34.3. The van der Waals surface area contributed by atoms with Crippen LogP contribution in [0.25, 0.3) is 0 Å². The Morgan fingerprint density at radius 3 is 1.15 bits per heavy atom. The van der Waals surface area contributed by atoms with Gasteiger partial charge in [-0.25, -0.2) is 0 Å². The summed E-state index contributed by atoms with van der Waals surface area (Å²) in [7, 11) is 0. The van der Waals surface area contributed by atoms with E-state index < -0.39 is 11.9 Å². The first-order valence-corrected chi connectivity index (χ1v) is 3.34. The Kier molecular flexibility index (Phi) is 19.8. The van der Waals surface area contributed by atoms with Gasteiger partial charge in [-0.05, 0) is 25.9 Å². The Balaban J connectivity index is -0.000000143. The van der Waals surface area contributed by atoms with Crippen LogP contribution in [0, 0.1) is 0 Å².